The van der Waals surface area contributed by atoms with Crippen molar-refractivity contribution < 1.29 is 17.6 Å². The van der Waals surface area contributed by atoms with Crippen molar-refractivity contribution in [2.75, 3.05) is 5.73 Å². The minimum atomic E-state index is -4.54. The molecule has 0 amide bonds. The van der Waals surface area contributed by atoms with Crippen molar-refractivity contribution in [3.8, 4) is 11.1 Å². The van der Waals surface area contributed by atoms with E-state index in [1.165, 1.54) is 24.3 Å². The van der Waals surface area contributed by atoms with Gasteiger partial charge in [0.1, 0.15) is 5.82 Å². The molecule has 2 rings (SSSR count). The van der Waals surface area contributed by atoms with E-state index in [0.717, 1.165) is 12.1 Å². The van der Waals surface area contributed by atoms with Gasteiger partial charge in [0.05, 0.1) is 10.6 Å². The van der Waals surface area contributed by atoms with Crippen LogP contribution in [0.4, 0.5) is 23.2 Å². The molecule has 0 aliphatic carbocycles. The minimum Gasteiger partial charge on any atom is -0.399 e. The molecule has 0 spiro atoms. The van der Waals surface area contributed by atoms with Crippen molar-refractivity contribution in [1.82, 2.24) is 0 Å². The zero-order valence-electron chi connectivity index (χ0n) is 9.43. The van der Waals surface area contributed by atoms with Crippen LogP contribution in [0.2, 0.25) is 5.02 Å². The first-order valence-corrected chi connectivity index (χ1v) is 5.59. The van der Waals surface area contributed by atoms with E-state index in [-0.39, 0.29) is 21.8 Å². The SMILES string of the molecule is Nc1cc(-c2cccc(Cl)c2F)cc(C(F)(F)F)c1. The monoisotopic (exact) mass is 289 g/mol. The van der Waals surface area contributed by atoms with Gasteiger partial charge in [0, 0.05) is 11.3 Å². The third kappa shape index (κ3) is 2.81. The van der Waals surface area contributed by atoms with Gasteiger partial charge >= 0.3 is 6.18 Å². The molecule has 0 aromatic heterocycles. The molecule has 1 nitrogen and oxygen atoms in total. The summed E-state index contributed by atoms with van der Waals surface area (Å²) in [6.45, 7) is 0. The highest BCUT2D eigenvalue weighted by Crippen LogP contribution is 2.35. The van der Waals surface area contributed by atoms with Gasteiger partial charge in [0.15, 0.2) is 0 Å². The first kappa shape index (κ1) is 13.7. The molecule has 0 aliphatic heterocycles. The van der Waals surface area contributed by atoms with E-state index in [9.17, 15) is 17.6 Å². The van der Waals surface area contributed by atoms with Crippen LogP contribution in [0.25, 0.3) is 11.1 Å². The molecule has 0 heterocycles. The quantitative estimate of drug-likeness (QED) is 0.595. The van der Waals surface area contributed by atoms with Gasteiger partial charge < -0.3 is 5.73 Å². The van der Waals surface area contributed by atoms with Crippen LogP contribution < -0.4 is 5.73 Å². The molecule has 2 N–H and O–H groups in total. The van der Waals surface area contributed by atoms with Crippen molar-refractivity contribution >= 4 is 17.3 Å². The van der Waals surface area contributed by atoms with E-state index in [4.69, 9.17) is 17.3 Å². The Kier molecular flexibility index (Phi) is 3.41. The van der Waals surface area contributed by atoms with Crippen molar-refractivity contribution in [3.05, 3.63) is 52.8 Å². The summed E-state index contributed by atoms with van der Waals surface area (Å²) in [4.78, 5) is 0. The summed E-state index contributed by atoms with van der Waals surface area (Å²) < 4.78 is 51.8. The lowest BCUT2D eigenvalue weighted by molar-refractivity contribution is -0.137. The lowest BCUT2D eigenvalue weighted by Gasteiger charge is -2.11. The molecule has 0 saturated carbocycles. The normalized spacial score (nSPS) is 11.6. The molecular formula is C13H8ClF4N. The fourth-order valence-electron chi connectivity index (χ4n) is 1.70. The van der Waals surface area contributed by atoms with Crippen LogP contribution in [-0.2, 0) is 6.18 Å². The van der Waals surface area contributed by atoms with Gasteiger partial charge in [-0.25, -0.2) is 4.39 Å². The highest BCUT2D eigenvalue weighted by Gasteiger charge is 2.31. The largest absolute Gasteiger partial charge is 0.416 e. The Labute approximate surface area is 111 Å². The molecule has 0 radical (unpaired) electrons. The molecule has 2 aromatic rings. The lowest BCUT2D eigenvalue weighted by atomic mass is 10.0. The number of halogens is 5. The molecule has 0 bridgehead atoms. The average molecular weight is 290 g/mol. The number of nitrogens with two attached hydrogens (primary N) is 1. The highest BCUT2D eigenvalue weighted by atomic mass is 35.5. The van der Waals surface area contributed by atoms with Crippen molar-refractivity contribution in [2.24, 2.45) is 0 Å². The van der Waals surface area contributed by atoms with Gasteiger partial charge in [-0.1, -0.05) is 23.7 Å². The van der Waals surface area contributed by atoms with Gasteiger partial charge in [-0.3, -0.25) is 0 Å². The van der Waals surface area contributed by atoms with Crippen LogP contribution in [0.5, 0.6) is 0 Å². The maximum Gasteiger partial charge on any atom is 0.416 e. The van der Waals surface area contributed by atoms with Crippen LogP contribution in [0.3, 0.4) is 0 Å². The number of alkyl halides is 3. The van der Waals surface area contributed by atoms with Gasteiger partial charge in [-0.05, 0) is 29.8 Å². The molecule has 19 heavy (non-hydrogen) atoms. The molecule has 0 atom stereocenters. The smallest absolute Gasteiger partial charge is 0.399 e. The predicted octanol–water partition coefficient (Wildman–Crippen LogP) is 4.75. The van der Waals surface area contributed by atoms with Gasteiger partial charge in [0.2, 0.25) is 0 Å². The van der Waals surface area contributed by atoms with Crippen LogP contribution >= 0.6 is 11.6 Å². The number of rotatable bonds is 1. The predicted molar refractivity (Wildman–Crippen MR) is 66.3 cm³/mol. The fourth-order valence-corrected chi connectivity index (χ4v) is 1.87. The first-order valence-electron chi connectivity index (χ1n) is 5.21. The van der Waals surface area contributed by atoms with Crippen molar-refractivity contribution in [1.29, 1.82) is 0 Å². The first-order chi connectivity index (χ1) is 8.79. The Balaban J connectivity index is 2.63. The zero-order chi connectivity index (χ0) is 14.2. The highest BCUT2D eigenvalue weighted by molar-refractivity contribution is 6.31. The van der Waals surface area contributed by atoms with E-state index in [1.54, 1.807) is 0 Å². The van der Waals surface area contributed by atoms with Crippen LogP contribution in [-0.4, -0.2) is 0 Å². The summed E-state index contributed by atoms with van der Waals surface area (Å²) in [5.41, 5.74) is 4.42. The Hall–Kier alpha value is -1.75. The molecule has 6 heteroatoms. The molecular weight excluding hydrogens is 282 g/mol. The van der Waals surface area contributed by atoms with Crippen LogP contribution in [0.15, 0.2) is 36.4 Å². The van der Waals surface area contributed by atoms with Crippen molar-refractivity contribution in [2.45, 2.75) is 6.18 Å². The van der Waals surface area contributed by atoms with E-state index in [2.05, 4.69) is 0 Å². The maximum absolute atomic E-state index is 13.8. The molecule has 0 aliphatic rings. The van der Waals surface area contributed by atoms with E-state index < -0.39 is 17.6 Å². The number of benzene rings is 2. The third-order valence-electron chi connectivity index (χ3n) is 2.55. The zero-order valence-corrected chi connectivity index (χ0v) is 10.2. The molecule has 0 unspecified atom stereocenters. The molecule has 100 valence electrons. The van der Waals surface area contributed by atoms with E-state index in [1.807, 2.05) is 0 Å². The number of anilines is 1. The molecule has 0 fully saturated rings. The standard InChI is InChI=1S/C13H8ClF4N/c14-11-3-1-2-10(12(11)15)7-4-8(13(16,17)18)6-9(19)5-7/h1-6H,19H2. The number of hydrogen-bond acceptors (Lipinski definition) is 1. The maximum atomic E-state index is 13.8. The second-order valence-electron chi connectivity index (χ2n) is 3.94. The number of hydrogen-bond donors (Lipinski definition) is 1. The summed E-state index contributed by atoms with van der Waals surface area (Å²) in [5, 5.41) is -0.159. The third-order valence-corrected chi connectivity index (χ3v) is 2.84. The lowest BCUT2D eigenvalue weighted by Crippen LogP contribution is -2.06. The summed E-state index contributed by atoms with van der Waals surface area (Å²) >= 11 is 5.60. The van der Waals surface area contributed by atoms with Gasteiger partial charge in [-0.15, -0.1) is 0 Å². The Morgan fingerprint density at radius 2 is 1.74 bits per heavy atom. The average Bonchev–Trinajstić information content (AvgIpc) is 2.31. The van der Waals surface area contributed by atoms with Gasteiger partial charge in [0.25, 0.3) is 0 Å². The Bertz CT molecular complexity index is 623. The summed E-state index contributed by atoms with van der Waals surface area (Å²) in [6, 6.07) is 7.02. The number of nitrogen functional groups attached to an aromatic ring is 1. The molecule has 0 saturated heterocycles. The topological polar surface area (TPSA) is 26.0 Å². The fraction of sp³-hybridized carbons (Fsp3) is 0.0769. The summed E-state index contributed by atoms with van der Waals surface area (Å²) in [7, 11) is 0. The Morgan fingerprint density at radius 3 is 2.37 bits per heavy atom. The second kappa shape index (κ2) is 4.74. The summed E-state index contributed by atoms with van der Waals surface area (Å²) in [6.07, 6.45) is -4.54. The molecule has 2 aromatic carbocycles. The van der Waals surface area contributed by atoms with Crippen LogP contribution in [0, 0.1) is 5.82 Å². The summed E-state index contributed by atoms with van der Waals surface area (Å²) in [5.74, 6) is -0.775. The van der Waals surface area contributed by atoms with Crippen LogP contribution in [0.1, 0.15) is 5.56 Å². The van der Waals surface area contributed by atoms with E-state index >= 15 is 0 Å². The van der Waals surface area contributed by atoms with E-state index in [0.29, 0.717) is 0 Å². The Morgan fingerprint density at radius 1 is 1.05 bits per heavy atom. The van der Waals surface area contributed by atoms with Gasteiger partial charge in [-0.2, -0.15) is 13.2 Å². The van der Waals surface area contributed by atoms with Crippen molar-refractivity contribution in [3.63, 3.8) is 0 Å². The second-order valence-corrected chi connectivity index (χ2v) is 4.35. The minimum absolute atomic E-state index is 0.0229.